The molecular formula is C18H24N2O3. The zero-order valence-corrected chi connectivity index (χ0v) is 13.8. The highest BCUT2D eigenvalue weighted by Gasteiger charge is 2.32. The van der Waals surface area contributed by atoms with Crippen molar-refractivity contribution in [1.82, 2.24) is 10.3 Å². The van der Waals surface area contributed by atoms with Gasteiger partial charge in [0, 0.05) is 23.7 Å². The molecule has 0 aliphatic rings. The van der Waals surface area contributed by atoms with Gasteiger partial charge in [0.05, 0.1) is 6.42 Å². The van der Waals surface area contributed by atoms with Crippen molar-refractivity contribution < 1.29 is 14.7 Å². The molecule has 1 heterocycles. The largest absolute Gasteiger partial charge is 0.481 e. The molecule has 0 aliphatic heterocycles. The Kier molecular flexibility index (Phi) is 5.08. The Hall–Kier alpha value is -2.30. The Morgan fingerprint density at radius 2 is 2.04 bits per heavy atom. The highest BCUT2D eigenvalue weighted by Crippen LogP contribution is 2.21. The molecule has 1 amide bonds. The third-order valence-corrected chi connectivity index (χ3v) is 4.48. The molecule has 0 spiro atoms. The van der Waals surface area contributed by atoms with Crippen molar-refractivity contribution in [2.24, 2.45) is 5.92 Å². The van der Waals surface area contributed by atoms with Gasteiger partial charge in [-0.3, -0.25) is 9.59 Å². The van der Waals surface area contributed by atoms with Crippen LogP contribution in [-0.2, 0) is 16.0 Å². The van der Waals surface area contributed by atoms with Crippen molar-refractivity contribution in [3.8, 4) is 0 Å². The topological polar surface area (TPSA) is 82.2 Å². The SMILES string of the molecule is CC(C)C(C)(CC(=O)O)NC(=O)CCc1ccc2[nH]ccc2c1. The number of carboxylic acids is 1. The van der Waals surface area contributed by atoms with E-state index < -0.39 is 11.5 Å². The third-order valence-electron chi connectivity index (χ3n) is 4.48. The van der Waals surface area contributed by atoms with Crippen LogP contribution in [-0.4, -0.2) is 27.5 Å². The van der Waals surface area contributed by atoms with Crippen molar-refractivity contribution >= 4 is 22.8 Å². The summed E-state index contributed by atoms with van der Waals surface area (Å²) in [6.45, 7) is 5.63. The lowest BCUT2D eigenvalue weighted by Crippen LogP contribution is -2.51. The van der Waals surface area contributed by atoms with Crippen LogP contribution in [0.1, 0.15) is 39.2 Å². The predicted molar refractivity (Wildman–Crippen MR) is 90.3 cm³/mol. The first-order valence-electron chi connectivity index (χ1n) is 7.89. The van der Waals surface area contributed by atoms with E-state index in [9.17, 15) is 9.59 Å². The van der Waals surface area contributed by atoms with E-state index in [1.165, 1.54) is 0 Å². The Morgan fingerprint density at radius 1 is 1.30 bits per heavy atom. The van der Waals surface area contributed by atoms with E-state index in [1.54, 1.807) is 6.92 Å². The van der Waals surface area contributed by atoms with Crippen molar-refractivity contribution in [1.29, 1.82) is 0 Å². The predicted octanol–water partition coefficient (Wildman–Crippen LogP) is 3.11. The number of aryl methyl sites for hydroxylation is 1. The van der Waals surface area contributed by atoms with E-state index >= 15 is 0 Å². The van der Waals surface area contributed by atoms with E-state index in [-0.39, 0.29) is 18.2 Å². The van der Waals surface area contributed by atoms with Crippen molar-refractivity contribution in [3.63, 3.8) is 0 Å². The van der Waals surface area contributed by atoms with Gasteiger partial charge >= 0.3 is 5.97 Å². The van der Waals surface area contributed by atoms with Crippen LogP contribution in [0.5, 0.6) is 0 Å². The maximum absolute atomic E-state index is 12.2. The summed E-state index contributed by atoms with van der Waals surface area (Å²) in [5.41, 5.74) is 1.44. The first kappa shape index (κ1) is 17.1. The molecule has 0 saturated heterocycles. The number of amides is 1. The molecule has 1 aromatic carbocycles. The first-order valence-corrected chi connectivity index (χ1v) is 7.89. The summed E-state index contributed by atoms with van der Waals surface area (Å²) >= 11 is 0. The molecule has 23 heavy (non-hydrogen) atoms. The van der Waals surface area contributed by atoms with Gasteiger partial charge in [0.15, 0.2) is 0 Å². The Balaban J connectivity index is 1.96. The van der Waals surface area contributed by atoms with Crippen LogP contribution >= 0.6 is 0 Å². The summed E-state index contributed by atoms with van der Waals surface area (Å²) in [5, 5.41) is 13.1. The molecular weight excluding hydrogens is 292 g/mol. The number of benzene rings is 1. The van der Waals surface area contributed by atoms with Gasteiger partial charge in [-0.15, -0.1) is 0 Å². The minimum atomic E-state index is -0.903. The molecule has 1 atom stereocenters. The number of nitrogens with one attached hydrogen (secondary N) is 2. The average Bonchev–Trinajstić information content (AvgIpc) is 2.91. The van der Waals surface area contributed by atoms with Crippen LogP contribution in [0.2, 0.25) is 0 Å². The normalized spacial score (nSPS) is 13.9. The summed E-state index contributed by atoms with van der Waals surface area (Å²) < 4.78 is 0. The Morgan fingerprint density at radius 3 is 2.70 bits per heavy atom. The van der Waals surface area contributed by atoms with Crippen LogP contribution < -0.4 is 5.32 Å². The zero-order valence-electron chi connectivity index (χ0n) is 13.8. The van der Waals surface area contributed by atoms with Crippen LogP contribution in [0.4, 0.5) is 0 Å². The van der Waals surface area contributed by atoms with Crippen molar-refractivity contribution in [2.45, 2.75) is 45.6 Å². The Bertz CT molecular complexity index is 705. The number of rotatable bonds is 7. The molecule has 1 unspecified atom stereocenters. The summed E-state index contributed by atoms with van der Waals surface area (Å²) in [7, 11) is 0. The summed E-state index contributed by atoms with van der Waals surface area (Å²) in [5.74, 6) is -0.977. The molecule has 0 bridgehead atoms. The summed E-state index contributed by atoms with van der Waals surface area (Å²) in [4.78, 5) is 26.4. The number of carbonyl (C=O) groups excluding carboxylic acids is 1. The molecule has 2 aromatic rings. The second-order valence-corrected chi connectivity index (χ2v) is 6.59. The van der Waals surface area contributed by atoms with E-state index in [0.717, 1.165) is 16.5 Å². The maximum Gasteiger partial charge on any atom is 0.305 e. The van der Waals surface area contributed by atoms with Crippen LogP contribution in [0.25, 0.3) is 10.9 Å². The number of aromatic amines is 1. The fraction of sp³-hybridized carbons (Fsp3) is 0.444. The van der Waals surface area contributed by atoms with Gasteiger partial charge in [0.25, 0.3) is 0 Å². The molecule has 0 fully saturated rings. The highest BCUT2D eigenvalue weighted by atomic mass is 16.4. The number of hydrogen-bond acceptors (Lipinski definition) is 2. The summed E-state index contributed by atoms with van der Waals surface area (Å²) in [6, 6.07) is 8.08. The molecule has 0 aliphatic carbocycles. The van der Waals surface area contributed by atoms with Gasteiger partial charge in [-0.2, -0.15) is 0 Å². The van der Waals surface area contributed by atoms with Crippen LogP contribution in [0, 0.1) is 5.92 Å². The lowest BCUT2D eigenvalue weighted by atomic mass is 9.85. The lowest BCUT2D eigenvalue weighted by molar-refractivity contribution is -0.139. The van der Waals surface area contributed by atoms with Crippen molar-refractivity contribution in [3.05, 3.63) is 36.0 Å². The molecule has 124 valence electrons. The lowest BCUT2D eigenvalue weighted by Gasteiger charge is -2.33. The van der Waals surface area contributed by atoms with Gasteiger partial charge < -0.3 is 15.4 Å². The number of fused-ring (bicyclic) bond motifs is 1. The minimum Gasteiger partial charge on any atom is -0.481 e. The van der Waals surface area contributed by atoms with Gasteiger partial charge in [-0.05, 0) is 48.4 Å². The van der Waals surface area contributed by atoms with Crippen LogP contribution in [0.3, 0.4) is 0 Å². The van der Waals surface area contributed by atoms with Crippen molar-refractivity contribution in [2.75, 3.05) is 0 Å². The molecule has 5 nitrogen and oxygen atoms in total. The number of hydrogen-bond donors (Lipinski definition) is 3. The van der Waals surface area contributed by atoms with E-state index in [2.05, 4.69) is 16.4 Å². The van der Waals surface area contributed by atoms with E-state index in [1.807, 2.05) is 38.2 Å². The molecule has 3 N–H and O–H groups in total. The third kappa shape index (κ3) is 4.34. The smallest absolute Gasteiger partial charge is 0.305 e. The number of H-pyrrole nitrogens is 1. The number of carbonyl (C=O) groups is 2. The Labute approximate surface area is 136 Å². The molecule has 1 aromatic heterocycles. The van der Waals surface area contributed by atoms with Gasteiger partial charge in [0.1, 0.15) is 0 Å². The summed E-state index contributed by atoms with van der Waals surface area (Å²) in [6.07, 6.45) is 2.79. The van der Waals surface area contributed by atoms with Gasteiger partial charge in [-0.1, -0.05) is 19.9 Å². The molecule has 2 rings (SSSR count). The van der Waals surface area contributed by atoms with E-state index in [0.29, 0.717) is 12.8 Å². The standard InChI is InChI=1S/C18H24N2O3/c1-12(2)18(3,11-17(22)23)20-16(21)7-5-13-4-6-15-14(10-13)8-9-19-15/h4,6,8-10,12,19H,5,7,11H2,1-3H3,(H,20,21)(H,22,23). The minimum absolute atomic E-state index is 0.0405. The second-order valence-electron chi connectivity index (χ2n) is 6.59. The monoisotopic (exact) mass is 316 g/mol. The average molecular weight is 316 g/mol. The van der Waals surface area contributed by atoms with Crippen LogP contribution in [0.15, 0.2) is 30.5 Å². The zero-order chi connectivity index (χ0) is 17.0. The number of aromatic nitrogens is 1. The number of carboxylic acid groups (broad SMARTS) is 1. The molecule has 5 heteroatoms. The fourth-order valence-electron chi connectivity index (χ4n) is 2.60. The van der Waals surface area contributed by atoms with E-state index in [4.69, 9.17) is 5.11 Å². The molecule has 0 saturated carbocycles. The second kappa shape index (κ2) is 6.86. The fourth-order valence-corrected chi connectivity index (χ4v) is 2.60. The van der Waals surface area contributed by atoms with Gasteiger partial charge in [0.2, 0.25) is 5.91 Å². The van der Waals surface area contributed by atoms with Gasteiger partial charge in [-0.25, -0.2) is 0 Å². The number of aliphatic carboxylic acids is 1. The quantitative estimate of drug-likeness (QED) is 0.734. The maximum atomic E-state index is 12.2. The highest BCUT2D eigenvalue weighted by molar-refractivity contribution is 5.81. The molecule has 0 radical (unpaired) electrons. The first-order chi connectivity index (χ1) is 10.8.